The number of rotatable bonds is 3. The monoisotopic (exact) mass is 251 g/mol. The fourth-order valence-corrected chi connectivity index (χ4v) is 2.46. The van der Waals surface area contributed by atoms with Crippen LogP contribution in [0.5, 0.6) is 0 Å². The molecule has 5 nitrogen and oxygen atoms in total. The molecule has 0 aliphatic heterocycles. The van der Waals surface area contributed by atoms with Gasteiger partial charge in [0, 0.05) is 24.1 Å². The summed E-state index contributed by atoms with van der Waals surface area (Å²) in [5.74, 6) is 1.02. The molecule has 0 spiro atoms. The van der Waals surface area contributed by atoms with Crippen LogP contribution in [0.4, 0.5) is 0 Å². The summed E-state index contributed by atoms with van der Waals surface area (Å²) in [6, 6.07) is 0.275. The van der Waals surface area contributed by atoms with Crippen molar-refractivity contribution in [3.05, 3.63) is 17.0 Å². The number of nitrogens with zero attached hydrogens (tertiary/aromatic N) is 1. The van der Waals surface area contributed by atoms with Gasteiger partial charge in [0.15, 0.2) is 0 Å². The van der Waals surface area contributed by atoms with E-state index in [1.807, 2.05) is 13.8 Å². The highest BCUT2D eigenvalue weighted by molar-refractivity contribution is 5.78. The first-order chi connectivity index (χ1) is 8.58. The molecule has 0 saturated heterocycles. The average molecular weight is 251 g/mol. The summed E-state index contributed by atoms with van der Waals surface area (Å²) in [6.45, 7) is 4.25. The lowest BCUT2D eigenvalue weighted by molar-refractivity contribution is -0.126. The molecule has 5 heteroatoms. The van der Waals surface area contributed by atoms with Crippen molar-refractivity contribution in [2.45, 2.75) is 52.1 Å². The predicted molar refractivity (Wildman–Crippen MR) is 67.8 cm³/mol. The molecule has 0 atom stereocenters. The van der Waals surface area contributed by atoms with Crippen molar-refractivity contribution < 1.29 is 9.32 Å². The number of carbonyl (C=O) groups is 1. The Morgan fingerprint density at radius 3 is 2.61 bits per heavy atom. The first-order valence-electron chi connectivity index (χ1n) is 6.53. The molecule has 1 aliphatic carbocycles. The number of hydrogen-bond donors (Lipinski definition) is 2. The maximum Gasteiger partial charge on any atom is 0.223 e. The molecule has 18 heavy (non-hydrogen) atoms. The summed E-state index contributed by atoms with van der Waals surface area (Å²) in [5.41, 5.74) is 7.66. The summed E-state index contributed by atoms with van der Waals surface area (Å²) in [4.78, 5) is 12.0. The number of nitrogens with one attached hydrogen (secondary N) is 1. The molecule has 100 valence electrons. The van der Waals surface area contributed by atoms with Crippen molar-refractivity contribution in [1.82, 2.24) is 10.5 Å². The van der Waals surface area contributed by atoms with E-state index in [9.17, 15) is 4.79 Å². The van der Waals surface area contributed by atoms with Gasteiger partial charge in [-0.3, -0.25) is 4.79 Å². The highest BCUT2D eigenvalue weighted by Gasteiger charge is 2.24. The minimum absolute atomic E-state index is 0.116. The van der Waals surface area contributed by atoms with Crippen LogP contribution in [0.1, 0.15) is 42.7 Å². The molecule has 0 radical (unpaired) electrons. The normalized spacial score (nSPS) is 23.9. The van der Waals surface area contributed by atoms with E-state index in [0.717, 1.165) is 42.7 Å². The number of hydrogen-bond acceptors (Lipinski definition) is 4. The maximum atomic E-state index is 12.0. The number of amides is 1. The maximum absolute atomic E-state index is 12.0. The Bertz CT molecular complexity index is 400. The molecule has 1 heterocycles. The zero-order valence-electron chi connectivity index (χ0n) is 11.0. The van der Waals surface area contributed by atoms with Crippen molar-refractivity contribution in [1.29, 1.82) is 0 Å². The highest BCUT2D eigenvalue weighted by Crippen LogP contribution is 2.23. The van der Waals surface area contributed by atoms with Crippen molar-refractivity contribution in [2.75, 3.05) is 0 Å². The zero-order valence-corrected chi connectivity index (χ0v) is 11.0. The molecule has 1 aliphatic rings. The van der Waals surface area contributed by atoms with E-state index < -0.39 is 0 Å². The van der Waals surface area contributed by atoms with Gasteiger partial charge in [0.1, 0.15) is 5.76 Å². The topological polar surface area (TPSA) is 81.2 Å². The number of carbonyl (C=O) groups excluding carboxylic acids is 1. The van der Waals surface area contributed by atoms with Gasteiger partial charge in [-0.1, -0.05) is 5.16 Å². The van der Waals surface area contributed by atoms with Crippen LogP contribution < -0.4 is 11.1 Å². The first kappa shape index (κ1) is 13.1. The second-order valence-electron chi connectivity index (χ2n) is 5.13. The molecular formula is C13H21N3O2. The smallest absolute Gasteiger partial charge is 0.223 e. The van der Waals surface area contributed by atoms with Gasteiger partial charge in [0.05, 0.1) is 5.69 Å². The van der Waals surface area contributed by atoms with Crippen LogP contribution >= 0.6 is 0 Å². The standard InChI is InChI=1S/C13H21N3O2/c1-8-12(9(2)18-16-8)7-15-13(17)10-3-5-11(14)6-4-10/h10-11H,3-7,14H2,1-2H3,(H,15,17). The molecular weight excluding hydrogens is 230 g/mol. The lowest BCUT2D eigenvalue weighted by Crippen LogP contribution is -2.36. The third-order valence-corrected chi connectivity index (χ3v) is 3.76. The van der Waals surface area contributed by atoms with Crippen molar-refractivity contribution in [3.8, 4) is 0 Å². The fourth-order valence-electron chi connectivity index (χ4n) is 2.46. The van der Waals surface area contributed by atoms with Crippen LogP contribution in [-0.4, -0.2) is 17.1 Å². The summed E-state index contributed by atoms with van der Waals surface area (Å²) < 4.78 is 5.07. The molecule has 0 aromatic carbocycles. The second-order valence-corrected chi connectivity index (χ2v) is 5.13. The van der Waals surface area contributed by atoms with Gasteiger partial charge in [-0.15, -0.1) is 0 Å². The Balaban J connectivity index is 1.85. The van der Waals surface area contributed by atoms with Gasteiger partial charge in [-0.05, 0) is 39.5 Å². The predicted octanol–water partition coefficient (Wildman–Crippen LogP) is 1.43. The lowest BCUT2D eigenvalue weighted by atomic mass is 9.86. The molecule has 0 bridgehead atoms. The number of aryl methyl sites for hydroxylation is 2. The van der Waals surface area contributed by atoms with E-state index in [1.165, 1.54) is 0 Å². The van der Waals surface area contributed by atoms with E-state index in [-0.39, 0.29) is 17.9 Å². The summed E-state index contributed by atoms with van der Waals surface area (Å²) >= 11 is 0. The molecule has 1 aromatic heterocycles. The Morgan fingerprint density at radius 1 is 1.39 bits per heavy atom. The zero-order chi connectivity index (χ0) is 13.1. The molecule has 1 amide bonds. The Hall–Kier alpha value is -1.36. The van der Waals surface area contributed by atoms with Gasteiger partial charge in [-0.2, -0.15) is 0 Å². The minimum Gasteiger partial charge on any atom is -0.361 e. The summed E-state index contributed by atoms with van der Waals surface area (Å²) in [6.07, 6.45) is 3.69. The van der Waals surface area contributed by atoms with E-state index in [2.05, 4.69) is 10.5 Å². The minimum atomic E-state index is 0.116. The molecule has 1 fully saturated rings. The summed E-state index contributed by atoms with van der Waals surface area (Å²) in [7, 11) is 0. The third-order valence-electron chi connectivity index (χ3n) is 3.76. The van der Waals surface area contributed by atoms with E-state index >= 15 is 0 Å². The average Bonchev–Trinajstić information content (AvgIpc) is 2.67. The number of nitrogens with two attached hydrogens (primary N) is 1. The van der Waals surface area contributed by atoms with E-state index in [4.69, 9.17) is 10.3 Å². The molecule has 1 aromatic rings. The van der Waals surface area contributed by atoms with Crippen LogP contribution in [0.2, 0.25) is 0 Å². The highest BCUT2D eigenvalue weighted by atomic mass is 16.5. The number of aromatic nitrogens is 1. The lowest BCUT2D eigenvalue weighted by Gasteiger charge is -2.25. The second kappa shape index (κ2) is 5.52. The molecule has 0 unspecified atom stereocenters. The van der Waals surface area contributed by atoms with Crippen LogP contribution in [-0.2, 0) is 11.3 Å². The van der Waals surface area contributed by atoms with Gasteiger partial charge in [0.25, 0.3) is 0 Å². The van der Waals surface area contributed by atoms with Crippen LogP contribution in [0.25, 0.3) is 0 Å². The van der Waals surface area contributed by atoms with Gasteiger partial charge in [-0.25, -0.2) is 0 Å². The van der Waals surface area contributed by atoms with Gasteiger partial charge < -0.3 is 15.6 Å². The quantitative estimate of drug-likeness (QED) is 0.851. The molecule has 3 N–H and O–H groups in total. The van der Waals surface area contributed by atoms with Crippen molar-refractivity contribution in [3.63, 3.8) is 0 Å². The van der Waals surface area contributed by atoms with Crippen molar-refractivity contribution >= 4 is 5.91 Å². The largest absolute Gasteiger partial charge is 0.361 e. The SMILES string of the molecule is Cc1noc(C)c1CNC(=O)C1CCC(N)CC1. The van der Waals surface area contributed by atoms with Crippen LogP contribution in [0.15, 0.2) is 4.52 Å². The Kier molecular flexibility index (Phi) is 4.01. The summed E-state index contributed by atoms with van der Waals surface area (Å²) in [5, 5.41) is 6.85. The Labute approximate surface area is 107 Å². The van der Waals surface area contributed by atoms with E-state index in [0.29, 0.717) is 6.54 Å². The molecule has 1 saturated carbocycles. The third kappa shape index (κ3) is 2.90. The molecule has 2 rings (SSSR count). The van der Waals surface area contributed by atoms with Crippen LogP contribution in [0, 0.1) is 19.8 Å². The van der Waals surface area contributed by atoms with E-state index in [1.54, 1.807) is 0 Å². The van der Waals surface area contributed by atoms with Gasteiger partial charge in [0.2, 0.25) is 5.91 Å². The van der Waals surface area contributed by atoms with Crippen LogP contribution in [0.3, 0.4) is 0 Å². The first-order valence-corrected chi connectivity index (χ1v) is 6.53. The van der Waals surface area contributed by atoms with Gasteiger partial charge >= 0.3 is 0 Å². The fraction of sp³-hybridized carbons (Fsp3) is 0.692. The van der Waals surface area contributed by atoms with Crippen molar-refractivity contribution in [2.24, 2.45) is 11.7 Å². The Morgan fingerprint density at radius 2 is 2.06 bits per heavy atom.